The highest BCUT2D eigenvalue weighted by Crippen LogP contribution is 2.24. The van der Waals surface area contributed by atoms with E-state index in [4.69, 9.17) is 5.73 Å². The van der Waals surface area contributed by atoms with Crippen molar-refractivity contribution in [1.29, 1.82) is 0 Å². The molecule has 2 rings (SSSR count). The molecule has 1 saturated heterocycles. The number of rotatable bonds is 3. The number of aromatic nitrogens is 2. The van der Waals surface area contributed by atoms with Gasteiger partial charge in [-0.1, -0.05) is 6.42 Å². The summed E-state index contributed by atoms with van der Waals surface area (Å²) in [4.78, 5) is 0. The van der Waals surface area contributed by atoms with Gasteiger partial charge in [-0.05, 0) is 18.9 Å². The second-order valence-corrected chi connectivity index (χ2v) is 6.13. The molecular formula is C10H19ClN4O2S. The van der Waals surface area contributed by atoms with E-state index in [1.807, 2.05) is 0 Å². The summed E-state index contributed by atoms with van der Waals surface area (Å²) in [7, 11) is -1.82. The van der Waals surface area contributed by atoms with Gasteiger partial charge < -0.3 is 5.73 Å². The van der Waals surface area contributed by atoms with Gasteiger partial charge in [-0.2, -0.15) is 9.40 Å². The second kappa shape index (κ2) is 6.01. The molecule has 1 aliphatic heterocycles. The predicted molar refractivity (Wildman–Crippen MR) is 71.0 cm³/mol. The van der Waals surface area contributed by atoms with E-state index in [-0.39, 0.29) is 23.5 Å². The van der Waals surface area contributed by atoms with Crippen LogP contribution in [0.5, 0.6) is 0 Å². The second-order valence-electron chi connectivity index (χ2n) is 4.29. The molecule has 1 unspecified atom stereocenters. The molecular weight excluding hydrogens is 276 g/mol. The van der Waals surface area contributed by atoms with Crippen molar-refractivity contribution in [3.05, 3.63) is 12.3 Å². The summed E-state index contributed by atoms with van der Waals surface area (Å²) in [5.41, 5.74) is 5.65. The zero-order valence-corrected chi connectivity index (χ0v) is 12.0. The Morgan fingerprint density at radius 3 is 2.78 bits per heavy atom. The van der Waals surface area contributed by atoms with Crippen LogP contribution in [0.4, 0.5) is 0 Å². The normalized spacial score (nSPS) is 21.6. The minimum atomic E-state index is -3.46. The van der Waals surface area contributed by atoms with Crippen LogP contribution in [0.25, 0.3) is 0 Å². The molecule has 18 heavy (non-hydrogen) atoms. The summed E-state index contributed by atoms with van der Waals surface area (Å²) in [6.07, 6.45) is 4.27. The van der Waals surface area contributed by atoms with Crippen molar-refractivity contribution < 1.29 is 8.42 Å². The molecule has 6 nitrogen and oxygen atoms in total. The third-order valence-electron chi connectivity index (χ3n) is 3.19. The molecule has 0 bridgehead atoms. The van der Waals surface area contributed by atoms with Gasteiger partial charge in [0.2, 0.25) is 0 Å². The Balaban J connectivity index is 0.00000162. The third kappa shape index (κ3) is 2.69. The van der Waals surface area contributed by atoms with Crippen LogP contribution in [-0.2, 0) is 17.1 Å². The zero-order chi connectivity index (χ0) is 12.5. The average Bonchev–Trinajstić information content (AvgIpc) is 2.76. The highest BCUT2D eigenvalue weighted by atomic mass is 35.5. The molecule has 2 N–H and O–H groups in total. The summed E-state index contributed by atoms with van der Waals surface area (Å²) in [6, 6.07) is 1.45. The topological polar surface area (TPSA) is 81.2 Å². The van der Waals surface area contributed by atoms with Gasteiger partial charge in [0.15, 0.2) is 5.03 Å². The first-order valence-corrected chi connectivity index (χ1v) is 7.21. The highest BCUT2D eigenvalue weighted by molar-refractivity contribution is 7.89. The largest absolute Gasteiger partial charge is 0.329 e. The zero-order valence-electron chi connectivity index (χ0n) is 10.3. The SMILES string of the molecule is Cl.Cn1nccc1S(=O)(=O)N1CCCCC1CN. The van der Waals surface area contributed by atoms with E-state index in [0.717, 1.165) is 19.3 Å². The van der Waals surface area contributed by atoms with Gasteiger partial charge in [0.25, 0.3) is 10.0 Å². The van der Waals surface area contributed by atoms with E-state index in [1.165, 1.54) is 21.3 Å². The van der Waals surface area contributed by atoms with Crippen molar-refractivity contribution in [3.8, 4) is 0 Å². The van der Waals surface area contributed by atoms with Crippen LogP contribution in [0.1, 0.15) is 19.3 Å². The fraction of sp³-hybridized carbons (Fsp3) is 0.700. The van der Waals surface area contributed by atoms with Crippen LogP contribution in [0, 0.1) is 0 Å². The summed E-state index contributed by atoms with van der Waals surface area (Å²) in [6.45, 7) is 0.923. The predicted octanol–water partition coefficient (Wildman–Crippen LogP) is 0.344. The monoisotopic (exact) mass is 294 g/mol. The lowest BCUT2D eigenvalue weighted by molar-refractivity contribution is 0.256. The van der Waals surface area contributed by atoms with Crippen LogP contribution in [0.3, 0.4) is 0 Å². The van der Waals surface area contributed by atoms with Gasteiger partial charge in [-0.25, -0.2) is 8.42 Å². The van der Waals surface area contributed by atoms with Gasteiger partial charge in [-0.15, -0.1) is 12.4 Å². The van der Waals surface area contributed by atoms with Crippen molar-refractivity contribution in [2.24, 2.45) is 12.8 Å². The molecule has 104 valence electrons. The van der Waals surface area contributed by atoms with E-state index >= 15 is 0 Å². The van der Waals surface area contributed by atoms with Gasteiger partial charge in [-0.3, -0.25) is 4.68 Å². The molecule has 0 aromatic carbocycles. The van der Waals surface area contributed by atoms with E-state index in [1.54, 1.807) is 7.05 Å². The Morgan fingerprint density at radius 1 is 1.50 bits per heavy atom. The number of nitrogens with two attached hydrogens (primary N) is 1. The van der Waals surface area contributed by atoms with Gasteiger partial charge in [0.05, 0.1) is 6.20 Å². The maximum absolute atomic E-state index is 12.4. The Hall–Kier alpha value is -0.630. The number of piperidine rings is 1. The minimum Gasteiger partial charge on any atom is -0.329 e. The van der Waals surface area contributed by atoms with Crippen molar-refractivity contribution in [2.75, 3.05) is 13.1 Å². The number of aryl methyl sites for hydroxylation is 1. The van der Waals surface area contributed by atoms with Crippen molar-refractivity contribution in [3.63, 3.8) is 0 Å². The molecule has 1 aliphatic rings. The first-order chi connectivity index (χ1) is 8.07. The first kappa shape index (κ1) is 15.4. The number of halogens is 1. The van der Waals surface area contributed by atoms with Crippen LogP contribution in [0.2, 0.25) is 0 Å². The summed E-state index contributed by atoms with van der Waals surface area (Å²) in [5.74, 6) is 0. The highest BCUT2D eigenvalue weighted by Gasteiger charge is 2.34. The van der Waals surface area contributed by atoms with Crippen LogP contribution in [-0.4, -0.2) is 41.6 Å². The smallest absolute Gasteiger partial charge is 0.260 e. The summed E-state index contributed by atoms with van der Waals surface area (Å²) >= 11 is 0. The standard InChI is InChI=1S/C10H18N4O2S.ClH/c1-13-10(5-6-12-13)17(15,16)14-7-3-2-4-9(14)8-11;/h5-6,9H,2-4,7-8,11H2,1H3;1H. The van der Waals surface area contributed by atoms with Crippen molar-refractivity contribution >= 4 is 22.4 Å². The van der Waals surface area contributed by atoms with Gasteiger partial charge in [0, 0.05) is 26.2 Å². The molecule has 8 heteroatoms. The third-order valence-corrected chi connectivity index (χ3v) is 5.22. The number of nitrogens with zero attached hydrogens (tertiary/aromatic N) is 3. The summed E-state index contributed by atoms with van der Waals surface area (Å²) in [5, 5.41) is 4.14. The Kier molecular flexibility index (Phi) is 5.15. The Morgan fingerprint density at radius 2 is 2.22 bits per heavy atom. The molecule has 1 aromatic rings. The van der Waals surface area contributed by atoms with Crippen LogP contribution < -0.4 is 5.73 Å². The van der Waals surface area contributed by atoms with Crippen LogP contribution in [0.15, 0.2) is 17.3 Å². The average molecular weight is 295 g/mol. The van der Waals surface area contributed by atoms with E-state index in [2.05, 4.69) is 5.10 Å². The van der Waals surface area contributed by atoms with Gasteiger partial charge >= 0.3 is 0 Å². The maximum Gasteiger partial charge on any atom is 0.260 e. The lowest BCUT2D eigenvalue weighted by atomic mass is 10.1. The Labute approximate surface area is 114 Å². The number of hydrogen-bond donors (Lipinski definition) is 1. The fourth-order valence-electron chi connectivity index (χ4n) is 2.26. The molecule has 0 amide bonds. The van der Waals surface area contributed by atoms with E-state index in [9.17, 15) is 8.42 Å². The molecule has 0 radical (unpaired) electrons. The van der Waals surface area contributed by atoms with E-state index in [0.29, 0.717) is 13.1 Å². The molecule has 0 saturated carbocycles. The minimum absolute atomic E-state index is 0. The van der Waals surface area contributed by atoms with E-state index < -0.39 is 10.0 Å². The molecule has 1 fully saturated rings. The Bertz CT molecular complexity index is 488. The van der Waals surface area contributed by atoms with Gasteiger partial charge in [0.1, 0.15) is 0 Å². The fourth-order valence-corrected chi connectivity index (χ4v) is 4.07. The lowest BCUT2D eigenvalue weighted by Gasteiger charge is -2.33. The van der Waals surface area contributed by atoms with Crippen molar-refractivity contribution in [1.82, 2.24) is 14.1 Å². The quantitative estimate of drug-likeness (QED) is 0.872. The lowest BCUT2D eigenvalue weighted by Crippen LogP contribution is -2.47. The molecule has 0 spiro atoms. The maximum atomic E-state index is 12.4. The number of hydrogen-bond acceptors (Lipinski definition) is 4. The van der Waals surface area contributed by atoms with Crippen LogP contribution >= 0.6 is 12.4 Å². The van der Waals surface area contributed by atoms with Crippen molar-refractivity contribution in [2.45, 2.75) is 30.3 Å². The first-order valence-electron chi connectivity index (χ1n) is 5.77. The molecule has 0 aliphatic carbocycles. The number of sulfonamides is 1. The summed E-state index contributed by atoms with van der Waals surface area (Å²) < 4.78 is 27.8. The molecule has 1 atom stereocenters. The molecule has 1 aromatic heterocycles. The molecule has 2 heterocycles.